The highest BCUT2D eigenvalue weighted by atomic mass is 16.3. The number of aliphatic hydroxyl groups is 1. The Morgan fingerprint density at radius 1 is 1.54 bits per heavy atom. The van der Waals surface area contributed by atoms with E-state index in [0.29, 0.717) is 0 Å². The Labute approximate surface area is 78.1 Å². The van der Waals surface area contributed by atoms with Crippen LogP contribution in [0.25, 0.3) is 6.08 Å². The SMILES string of the molecule is CNCC=Cc1ccc(CO)cn1. The van der Waals surface area contributed by atoms with Gasteiger partial charge in [-0.05, 0) is 24.8 Å². The molecule has 1 aromatic heterocycles. The maximum Gasteiger partial charge on any atom is 0.0696 e. The van der Waals surface area contributed by atoms with Gasteiger partial charge in [0.15, 0.2) is 0 Å². The van der Waals surface area contributed by atoms with Gasteiger partial charge in [-0.15, -0.1) is 0 Å². The molecule has 0 aromatic carbocycles. The van der Waals surface area contributed by atoms with Crippen LogP contribution in [0.1, 0.15) is 11.3 Å². The van der Waals surface area contributed by atoms with E-state index in [2.05, 4.69) is 10.3 Å². The summed E-state index contributed by atoms with van der Waals surface area (Å²) < 4.78 is 0. The van der Waals surface area contributed by atoms with E-state index in [1.54, 1.807) is 6.20 Å². The minimum absolute atomic E-state index is 0.0491. The lowest BCUT2D eigenvalue weighted by molar-refractivity contribution is 0.281. The monoisotopic (exact) mass is 178 g/mol. The van der Waals surface area contributed by atoms with Gasteiger partial charge in [0.1, 0.15) is 0 Å². The zero-order valence-electron chi connectivity index (χ0n) is 7.70. The third-order valence-electron chi connectivity index (χ3n) is 1.64. The van der Waals surface area contributed by atoms with Gasteiger partial charge in [-0.1, -0.05) is 12.1 Å². The van der Waals surface area contributed by atoms with Crippen molar-refractivity contribution in [2.75, 3.05) is 13.6 Å². The normalized spacial score (nSPS) is 10.9. The van der Waals surface area contributed by atoms with Crippen molar-refractivity contribution in [3.05, 3.63) is 35.7 Å². The summed E-state index contributed by atoms with van der Waals surface area (Å²) in [6, 6.07) is 3.75. The largest absolute Gasteiger partial charge is 0.392 e. The van der Waals surface area contributed by atoms with E-state index in [1.165, 1.54) is 0 Å². The van der Waals surface area contributed by atoms with Crippen molar-refractivity contribution in [2.45, 2.75) is 6.61 Å². The second-order valence-electron chi connectivity index (χ2n) is 2.71. The fourth-order valence-corrected chi connectivity index (χ4v) is 0.926. The van der Waals surface area contributed by atoms with Crippen molar-refractivity contribution in [2.24, 2.45) is 0 Å². The van der Waals surface area contributed by atoms with Crippen molar-refractivity contribution in [1.82, 2.24) is 10.3 Å². The molecule has 0 radical (unpaired) electrons. The lowest BCUT2D eigenvalue weighted by atomic mass is 10.2. The highest BCUT2D eigenvalue weighted by molar-refractivity contribution is 5.44. The first-order valence-electron chi connectivity index (χ1n) is 4.23. The second kappa shape index (κ2) is 5.45. The maximum atomic E-state index is 8.77. The summed E-state index contributed by atoms with van der Waals surface area (Å²) in [7, 11) is 1.90. The molecule has 0 atom stereocenters. The molecule has 1 rings (SSSR count). The Morgan fingerprint density at radius 2 is 2.38 bits per heavy atom. The van der Waals surface area contributed by atoms with E-state index in [0.717, 1.165) is 17.8 Å². The van der Waals surface area contributed by atoms with Crippen LogP contribution in [-0.4, -0.2) is 23.7 Å². The van der Waals surface area contributed by atoms with Crippen LogP contribution in [0, 0.1) is 0 Å². The average Bonchev–Trinajstić information content (AvgIpc) is 2.19. The van der Waals surface area contributed by atoms with Gasteiger partial charge in [-0.3, -0.25) is 4.98 Å². The molecule has 0 spiro atoms. The molecule has 0 amide bonds. The number of hydrogen-bond acceptors (Lipinski definition) is 3. The van der Waals surface area contributed by atoms with Crippen molar-refractivity contribution in [1.29, 1.82) is 0 Å². The van der Waals surface area contributed by atoms with Crippen LogP contribution in [0.2, 0.25) is 0 Å². The van der Waals surface area contributed by atoms with Gasteiger partial charge >= 0.3 is 0 Å². The number of hydrogen-bond donors (Lipinski definition) is 2. The molecular weight excluding hydrogens is 164 g/mol. The molecule has 70 valence electrons. The first-order chi connectivity index (χ1) is 6.36. The summed E-state index contributed by atoms with van der Waals surface area (Å²) in [6.07, 6.45) is 5.62. The zero-order chi connectivity index (χ0) is 9.52. The molecule has 1 aromatic rings. The number of pyridine rings is 1. The van der Waals surface area contributed by atoms with Gasteiger partial charge < -0.3 is 10.4 Å². The van der Waals surface area contributed by atoms with E-state index < -0.39 is 0 Å². The molecule has 0 fully saturated rings. The maximum absolute atomic E-state index is 8.77. The third-order valence-corrected chi connectivity index (χ3v) is 1.64. The Morgan fingerprint density at radius 3 is 2.92 bits per heavy atom. The zero-order valence-corrected chi connectivity index (χ0v) is 7.70. The molecule has 0 aliphatic heterocycles. The number of nitrogens with one attached hydrogen (secondary N) is 1. The van der Waals surface area contributed by atoms with E-state index in [9.17, 15) is 0 Å². The van der Waals surface area contributed by atoms with Crippen molar-refractivity contribution >= 4 is 6.08 Å². The molecule has 0 aliphatic rings. The summed E-state index contributed by atoms with van der Waals surface area (Å²) >= 11 is 0. The first-order valence-corrected chi connectivity index (χ1v) is 4.23. The molecule has 0 saturated carbocycles. The highest BCUT2D eigenvalue weighted by Gasteiger charge is 1.90. The molecule has 1 heterocycles. The van der Waals surface area contributed by atoms with Gasteiger partial charge in [0.2, 0.25) is 0 Å². The number of likely N-dealkylation sites (N-methyl/N-ethyl adjacent to an activating group) is 1. The van der Waals surface area contributed by atoms with Gasteiger partial charge in [0.05, 0.1) is 12.3 Å². The Kier molecular flexibility index (Phi) is 4.15. The van der Waals surface area contributed by atoms with Crippen molar-refractivity contribution in [3.8, 4) is 0 Å². The Hall–Kier alpha value is -1.19. The molecule has 0 bridgehead atoms. The third kappa shape index (κ3) is 3.36. The van der Waals surface area contributed by atoms with Crippen LogP contribution >= 0.6 is 0 Å². The van der Waals surface area contributed by atoms with Crippen molar-refractivity contribution in [3.63, 3.8) is 0 Å². The lowest BCUT2D eigenvalue weighted by Gasteiger charge is -1.95. The number of aromatic nitrogens is 1. The van der Waals surface area contributed by atoms with Gasteiger partial charge in [-0.2, -0.15) is 0 Å². The first kappa shape index (κ1) is 9.89. The fourth-order valence-electron chi connectivity index (χ4n) is 0.926. The molecule has 13 heavy (non-hydrogen) atoms. The molecule has 3 nitrogen and oxygen atoms in total. The summed E-state index contributed by atoms with van der Waals surface area (Å²) in [5, 5.41) is 11.8. The van der Waals surface area contributed by atoms with Crippen LogP contribution in [0.5, 0.6) is 0 Å². The van der Waals surface area contributed by atoms with Gasteiger partial charge in [0, 0.05) is 12.7 Å². The predicted octanol–water partition coefficient (Wildman–Crippen LogP) is 0.806. The molecule has 0 saturated heterocycles. The molecule has 2 N–H and O–H groups in total. The summed E-state index contributed by atoms with van der Waals surface area (Å²) in [5.74, 6) is 0. The van der Waals surface area contributed by atoms with Crippen molar-refractivity contribution < 1.29 is 5.11 Å². The Bertz CT molecular complexity index is 267. The van der Waals surface area contributed by atoms with Crippen LogP contribution in [0.4, 0.5) is 0 Å². The summed E-state index contributed by atoms with van der Waals surface area (Å²) in [6.45, 7) is 0.886. The molecular formula is C10H14N2O. The van der Waals surface area contributed by atoms with E-state index in [-0.39, 0.29) is 6.61 Å². The average molecular weight is 178 g/mol. The molecule has 0 aliphatic carbocycles. The van der Waals surface area contributed by atoms with Crippen LogP contribution in [0.15, 0.2) is 24.4 Å². The lowest BCUT2D eigenvalue weighted by Crippen LogP contribution is -2.03. The van der Waals surface area contributed by atoms with Crippen LogP contribution in [0.3, 0.4) is 0 Å². The number of aliphatic hydroxyl groups excluding tert-OH is 1. The predicted molar refractivity (Wildman–Crippen MR) is 53.1 cm³/mol. The number of nitrogens with zero attached hydrogens (tertiary/aromatic N) is 1. The van der Waals surface area contributed by atoms with E-state index in [4.69, 9.17) is 5.11 Å². The van der Waals surface area contributed by atoms with Gasteiger partial charge in [0.25, 0.3) is 0 Å². The summed E-state index contributed by atoms with van der Waals surface area (Å²) in [4.78, 5) is 4.15. The quantitative estimate of drug-likeness (QED) is 0.717. The minimum Gasteiger partial charge on any atom is -0.392 e. The van der Waals surface area contributed by atoms with E-state index in [1.807, 2.05) is 31.3 Å². The number of rotatable bonds is 4. The smallest absolute Gasteiger partial charge is 0.0696 e. The second-order valence-corrected chi connectivity index (χ2v) is 2.71. The standard InChI is InChI=1S/C10H14N2O/c1-11-6-2-3-10-5-4-9(8-13)7-12-10/h2-5,7,11,13H,6,8H2,1H3. The fraction of sp³-hybridized carbons (Fsp3) is 0.300. The van der Waals surface area contributed by atoms with Crippen LogP contribution < -0.4 is 5.32 Å². The molecule has 0 unspecified atom stereocenters. The van der Waals surface area contributed by atoms with Gasteiger partial charge in [-0.25, -0.2) is 0 Å². The topological polar surface area (TPSA) is 45.1 Å². The minimum atomic E-state index is 0.0491. The molecule has 3 heteroatoms. The highest BCUT2D eigenvalue weighted by Crippen LogP contribution is 2.01. The summed E-state index contributed by atoms with van der Waals surface area (Å²) in [5.41, 5.74) is 1.75. The van der Waals surface area contributed by atoms with E-state index >= 15 is 0 Å². The van der Waals surface area contributed by atoms with Crippen LogP contribution in [-0.2, 0) is 6.61 Å². The Balaban J connectivity index is 2.58.